The van der Waals surface area contributed by atoms with Crippen LogP contribution in [0.4, 0.5) is 5.69 Å². The van der Waals surface area contributed by atoms with Gasteiger partial charge in [-0.05, 0) is 11.6 Å². The summed E-state index contributed by atoms with van der Waals surface area (Å²) >= 11 is 6.08. The molecule has 0 spiro atoms. The molecule has 2 amide bonds. The zero-order valence-electron chi connectivity index (χ0n) is 14.7. The summed E-state index contributed by atoms with van der Waals surface area (Å²) in [5.41, 5.74) is 1.37. The monoisotopic (exact) mass is 376 g/mol. The van der Waals surface area contributed by atoms with Crippen molar-refractivity contribution in [1.29, 1.82) is 0 Å². The highest BCUT2D eigenvalue weighted by Crippen LogP contribution is 2.35. The van der Waals surface area contributed by atoms with E-state index in [1.165, 1.54) is 14.2 Å². The van der Waals surface area contributed by atoms with Gasteiger partial charge in [-0.25, -0.2) is 0 Å². The largest absolute Gasteiger partial charge is 0.495 e. The van der Waals surface area contributed by atoms with Crippen LogP contribution in [0.5, 0.6) is 11.5 Å². The molecule has 0 aromatic heterocycles. The normalized spacial score (nSPS) is 10.1. The molecule has 0 unspecified atom stereocenters. The first-order chi connectivity index (χ1) is 12.5. The SMILES string of the molecule is COc1cc(OC)c(NC(=O)CCNC(=O)Cc2ccccc2)cc1Cl. The highest BCUT2D eigenvalue weighted by molar-refractivity contribution is 6.32. The van der Waals surface area contributed by atoms with E-state index in [0.29, 0.717) is 22.2 Å². The molecule has 0 radical (unpaired) electrons. The number of amides is 2. The molecule has 26 heavy (non-hydrogen) atoms. The lowest BCUT2D eigenvalue weighted by Gasteiger charge is -2.13. The first-order valence-electron chi connectivity index (χ1n) is 8.05. The Labute approximate surface area is 157 Å². The Morgan fingerprint density at radius 2 is 1.69 bits per heavy atom. The van der Waals surface area contributed by atoms with Gasteiger partial charge in [-0.1, -0.05) is 41.9 Å². The Hall–Kier alpha value is -2.73. The second-order valence-corrected chi connectivity index (χ2v) is 5.90. The van der Waals surface area contributed by atoms with Gasteiger partial charge in [-0.3, -0.25) is 9.59 Å². The summed E-state index contributed by atoms with van der Waals surface area (Å²) in [4.78, 5) is 24.0. The fourth-order valence-electron chi connectivity index (χ4n) is 2.33. The molecule has 2 N–H and O–H groups in total. The van der Waals surface area contributed by atoms with Crippen LogP contribution in [-0.2, 0) is 16.0 Å². The molecule has 0 saturated heterocycles. The molecule has 0 atom stereocenters. The highest BCUT2D eigenvalue weighted by Gasteiger charge is 2.13. The minimum atomic E-state index is -0.260. The van der Waals surface area contributed by atoms with Crippen LogP contribution in [0.3, 0.4) is 0 Å². The van der Waals surface area contributed by atoms with Crippen molar-refractivity contribution in [2.24, 2.45) is 0 Å². The number of halogens is 1. The summed E-state index contributed by atoms with van der Waals surface area (Å²) < 4.78 is 10.3. The topological polar surface area (TPSA) is 76.7 Å². The van der Waals surface area contributed by atoms with Gasteiger partial charge in [0, 0.05) is 19.0 Å². The number of carbonyl (C=O) groups excluding carboxylic acids is 2. The van der Waals surface area contributed by atoms with Crippen LogP contribution in [0.2, 0.25) is 5.02 Å². The van der Waals surface area contributed by atoms with E-state index in [1.807, 2.05) is 30.3 Å². The maximum absolute atomic E-state index is 12.1. The third-order valence-electron chi connectivity index (χ3n) is 3.63. The molecule has 138 valence electrons. The molecule has 7 heteroatoms. The van der Waals surface area contributed by atoms with E-state index < -0.39 is 0 Å². The highest BCUT2D eigenvalue weighted by atomic mass is 35.5. The van der Waals surface area contributed by atoms with E-state index in [2.05, 4.69) is 10.6 Å². The molecule has 2 aromatic carbocycles. The van der Waals surface area contributed by atoms with Gasteiger partial charge in [0.2, 0.25) is 11.8 Å². The van der Waals surface area contributed by atoms with Gasteiger partial charge in [-0.15, -0.1) is 0 Å². The van der Waals surface area contributed by atoms with Crippen LogP contribution in [0.1, 0.15) is 12.0 Å². The van der Waals surface area contributed by atoms with Gasteiger partial charge >= 0.3 is 0 Å². The number of ether oxygens (including phenoxy) is 2. The van der Waals surface area contributed by atoms with Crippen molar-refractivity contribution in [3.8, 4) is 11.5 Å². The number of carbonyl (C=O) groups is 2. The predicted octanol–water partition coefficient (Wildman–Crippen LogP) is 3.04. The van der Waals surface area contributed by atoms with Crippen molar-refractivity contribution in [2.45, 2.75) is 12.8 Å². The van der Waals surface area contributed by atoms with Gasteiger partial charge in [0.05, 0.1) is 31.4 Å². The maximum atomic E-state index is 12.1. The summed E-state index contributed by atoms with van der Waals surface area (Å²) in [6.45, 7) is 0.240. The summed E-state index contributed by atoms with van der Waals surface area (Å²) in [5, 5.41) is 5.81. The van der Waals surface area contributed by atoms with E-state index in [1.54, 1.807) is 12.1 Å². The third-order valence-corrected chi connectivity index (χ3v) is 3.93. The van der Waals surface area contributed by atoms with Crippen molar-refractivity contribution in [3.63, 3.8) is 0 Å². The number of nitrogens with one attached hydrogen (secondary N) is 2. The van der Waals surface area contributed by atoms with Gasteiger partial charge in [0.1, 0.15) is 11.5 Å². The number of hydrogen-bond donors (Lipinski definition) is 2. The van der Waals surface area contributed by atoms with E-state index >= 15 is 0 Å². The quantitative estimate of drug-likeness (QED) is 0.742. The van der Waals surface area contributed by atoms with Crippen LogP contribution in [0.15, 0.2) is 42.5 Å². The average molecular weight is 377 g/mol. The Balaban J connectivity index is 1.83. The van der Waals surface area contributed by atoms with Gasteiger partial charge in [0.25, 0.3) is 0 Å². The Morgan fingerprint density at radius 1 is 1.00 bits per heavy atom. The van der Waals surface area contributed by atoms with Crippen molar-refractivity contribution < 1.29 is 19.1 Å². The molecule has 0 bridgehead atoms. The summed E-state index contributed by atoms with van der Waals surface area (Å²) in [6, 6.07) is 12.6. The van der Waals surface area contributed by atoms with Crippen LogP contribution in [0.25, 0.3) is 0 Å². The smallest absolute Gasteiger partial charge is 0.226 e. The molecule has 0 aliphatic rings. The van der Waals surface area contributed by atoms with Crippen molar-refractivity contribution >= 4 is 29.1 Å². The summed E-state index contributed by atoms with van der Waals surface area (Å²) in [7, 11) is 2.99. The van der Waals surface area contributed by atoms with Gasteiger partial charge in [-0.2, -0.15) is 0 Å². The Bertz CT molecular complexity index is 766. The summed E-state index contributed by atoms with van der Waals surface area (Å²) in [6.07, 6.45) is 0.414. The lowest BCUT2D eigenvalue weighted by Crippen LogP contribution is -2.28. The van der Waals surface area contributed by atoms with Gasteiger partial charge in [0.15, 0.2) is 0 Å². The fraction of sp³-hybridized carbons (Fsp3) is 0.263. The van der Waals surface area contributed by atoms with Gasteiger partial charge < -0.3 is 20.1 Å². The molecular formula is C19H21ClN2O4. The molecule has 2 aromatic rings. The van der Waals surface area contributed by atoms with Crippen molar-refractivity contribution in [3.05, 3.63) is 53.1 Å². The Morgan fingerprint density at radius 3 is 2.35 bits per heavy atom. The van der Waals surface area contributed by atoms with E-state index in [4.69, 9.17) is 21.1 Å². The summed E-state index contributed by atoms with van der Waals surface area (Å²) in [5.74, 6) is 0.501. The number of hydrogen-bond acceptors (Lipinski definition) is 4. The van der Waals surface area contributed by atoms with E-state index in [0.717, 1.165) is 5.56 Å². The van der Waals surface area contributed by atoms with E-state index in [9.17, 15) is 9.59 Å². The lowest BCUT2D eigenvalue weighted by atomic mass is 10.1. The minimum absolute atomic E-state index is 0.130. The fourth-order valence-corrected chi connectivity index (χ4v) is 2.57. The first-order valence-corrected chi connectivity index (χ1v) is 8.43. The standard InChI is InChI=1S/C19H21ClN2O4/c1-25-16-12-17(26-2)15(11-14(16)20)22-18(23)8-9-21-19(24)10-13-6-4-3-5-7-13/h3-7,11-12H,8-10H2,1-2H3,(H,21,24)(H,22,23). The minimum Gasteiger partial charge on any atom is -0.495 e. The number of benzene rings is 2. The molecule has 0 aliphatic heterocycles. The lowest BCUT2D eigenvalue weighted by molar-refractivity contribution is -0.120. The van der Waals surface area contributed by atoms with E-state index in [-0.39, 0.29) is 31.2 Å². The number of methoxy groups -OCH3 is 2. The van der Waals surface area contributed by atoms with Crippen molar-refractivity contribution in [1.82, 2.24) is 5.32 Å². The molecule has 0 aliphatic carbocycles. The zero-order valence-corrected chi connectivity index (χ0v) is 15.4. The Kier molecular flexibility index (Phi) is 7.29. The predicted molar refractivity (Wildman–Crippen MR) is 101 cm³/mol. The van der Waals surface area contributed by atoms with Crippen LogP contribution in [0, 0.1) is 0 Å². The number of anilines is 1. The second kappa shape index (κ2) is 9.68. The molecular weight excluding hydrogens is 356 g/mol. The molecule has 0 heterocycles. The average Bonchev–Trinajstić information content (AvgIpc) is 2.62. The van der Waals surface area contributed by atoms with Crippen LogP contribution < -0.4 is 20.1 Å². The molecule has 6 nitrogen and oxygen atoms in total. The third kappa shape index (κ3) is 5.67. The molecule has 0 saturated carbocycles. The molecule has 2 rings (SSSR count). The second-order valence-electron chi connectivity index (χ2n) is 5.50. The van der Waals surface area contributed by atoms with Crippen molar-refractivity contribution in [2.75, 3.05) is 26.1 Å². The molecule has 0 fully saturated rings. The zero-order chi connectivity index (χ0) is 18.9. The maximum Gasteiger partial charge on any atom is 0.226 e. The number of rotatable bonds is 8. The van der Waals surface area contributed by atoms with Crippen LogP contribution in [-0.4, -0.2) is 32.6 Å². The first kappa shape index (κ1) is 19.6. The van der Waals surface area contributed by atoms with Crippen LogP contribution >= 0.6 is 11.6 Å².